The zero-order chi connectivity index (χ0) is 23.7. The zero-order valence-electron chi connectivity index (χ0n) is 18.4. The lowest BCUT2D eigenvalue weighted by atomic mass is 10.0. The number of rotatable bonds is 8. The van der Waals surface area contributed by atoms with Gasteiger partial charge in [-0.1, -0.05) is 31.1 Å². The molecule has 2 heterocycles. The second kappa shape index (κ2) is 8.81. The van der Waals surface area contributed by atoms with E-state index in [0.717, 1.165) is 6.42 Å². The third-order valence-corrected chi connectivity index (χ3v) is 5.71. The second-order valence-corrected chi connectivity index (χ2v) is 8.45. The van der Waals surface area contributed by atoms with E-state index in [4.69, 9.17) is 15.9 Å². The number of carboxylic acid groups (broad SMARTS) is 1. The summed E-state index contributed by atoms with van der Waals surface area (Å²) < 4.78 is 2.90. The number of amidine groups is 1. The summed E-state index contributed by atoms with van der Waals surface area (Å²) in [5, 5.41) is 21.4. The summed E-state index contributed by atoms with van der Waals surface area (Å²) >= 11 is 0. The maximum atomic E-state index is 13.4. The quantitative estimate of drug-likeness (QED) is 0.140. The summed E-state index contributed by atoms with van der Waals surface area (Å²) in [7, 11) is 0. The second-order valence-electron chi connectivity index (χ2n) is 8.45. The van der Waals surface area contributed by atoms with Crippen LogP contribution in [0.25, 0.3) is 22.1 Å². The van der Waals surface area contributed by atoms with E-state index in [1.807, 2.05) is 12.1 Å². The number of nitrogens with one attached hydrogen (secondary N) is 1. The van der Waals surface area contributed by atoms with Crippen molar-refractivity contribution < 1.29 is 15.1 Å². The maximum absolute atomic E-state index is 13.4. The van der Waals surface area contributed by atoms with Crippen LogP contribution < -0.4 is 11.4 Å². The molecular formula is C23H26N6O4. The van der Waals surface area contributed by atoms with Crippen LogP contribution in [0, 0.1) is 5.92 Å². The lowest BCUT2D eigenvalue weighted by Gasteiger charge is -2.18. The number of fused-ring (bicyclic) bond motifs is 2. The van der Waals surface area contributed by atoms with Crippen LogP contribution in [-0.4, -0.2) is 41.2 Å². The number of imidazole rings is 2. The van der Waals surface area contributed by atoms with Gasteiger partial charge in [0.2, 0.25) is 0 Å². The summed E-state index contributed by atoms with van der Waals surface area (Å²) in [6.45, 7) is 3.79. The van der Waals surface area contributed by atoms with Crippen LogP contribution in [0.15, 0.2) is 52.4 Å². The third kappa shape index (κ3) is 4.19. The number of benzene rings is 2. The van der Waals surface area contributed by atoms with Gasteiger partial charge >= 0.3 is 11.7 Å². The highest BCUT2D eigenvalue weighted by Gasteiger charge is 2.25. The summed E-state index contributed by atoms with van der Waals surface area (Å²) in [4.78, 5) is 32.9. The van der Waals surface area contributed by atoms with Gasteiger partial charge in [0.25, 0.3) is 0 Å². The van der Waals surface area contributed by atoms with Crippen molar-refractivity contribution in [1.29, 1.82) is 0 Å². The van der Waals surface area contributed by atoms with Crippen LogP contribution in [0.1, 0.15) is 44.1 Å². The van der Waals surface area contributed by atoms with E-state index in [-0.39, 0.29) is 5.84 Å². The third-order valence-electron chi connectivity index (χ3n) is 5.71. The molecule has 0 aliphatic rings. The van der Waals surface area contributed by atoms with Crippen LogP contribution >= 0.6 is 0 Å². The first-order chi connectivity index (χ1) is 15.8. The molecule has 5 N–H and O–H groups in total. The number of para-hydroxylation sites is 2. The number of aliphatic carboxylic acids is 1. The smallest absolute Gasteiger partial charge is 0.330 e. The van der Waals surface area contributed by atoms with Crippen molar-refractivity contribution in [1.82, 2.24) is 19.1 Å². The fraction of sp³-hybridized carbons (Fsp3) is 0.304. The standard InChI is InChI=1S/C23H26N6O4/c1-13(2)7-10-19(22-25-15-9-8-14(21(24)27-33)11-16(15)26-22)29-18-6-4-3-5-17(18)28(23(29)32)12-20(30)31/h3-6,8-9,11,13,19,33H,7,10,12H2,1-2H3,(H2,24,27)(H,25,26)(H,30,31). The summed E-state index contributed by atoms with van der Waals surface area (Å²) in [5.41, 5.74) is 8.43. The largest absolute Gasteiger partial charge is 0.480 e. The molecule has 2 aromatic carbocycles. The Hall–Kier alpha value is -4.08. The minimum atomic E-state index is -1.09. The molecule has 0 saturated heterocycles. The van der Waals surface area contributed by atoms with Gasteiger partial charge in [-0.25, -0.2) is 9.78 Å². The minimum absolute atomic E-state index is 0.0163. The zero-order valence-corrected chi connectivity index (χ0v) is 18.4. The Kier molecular flexibility index (Phi) is 5.91. The number of aromatic nitrogens is 4. The normalized spacial score (nSPS) is 13.2. The molecule has 0 spiro atoms. The molecule has 4 aromatic rings. The van der Waals surface area contributed by atoms with E-state index >= 15 is 0 Å². The highest BCUT2D eigenvalue weighted by atomic mass is 16.4. The first kappa shape index (κ1) is 22.1. The van der Waals surface area contributed by atoms with Crippen LogP contribution in [0.4, 0.5) is 0 Å². The average Bonchev–Trinajstić information content (AvgIpc) is 3.32. The van der Waals surface area contributed by atoms with Crippen molar-refractivity contribution in [3.8, 4) is 0 Å². The van der Waals surface area contributed by atoms with Crippen molar-refractivity contribution >= 4 is 33.9 Å². The van der Waals surface area contributed by atoms with Crippen LogP contribution in [0.2, 0.25) is 0 Å². The van der Waals surface area contributed by atoms with Gasteiger partial charge in [-0.3, -0.25) is 13.9 Å². The first-order valence-electron chi connectivity index (χ1n) is 10.7. The molecule has 1 atom stereocenters. The fourth-order valence-corrected chi connectivity index (χ4v) is 4.11. The Labute approximate surface area is 189 Å². The van der Waals surface area contributed by atoms with Crippen molar-refractivity contribution in [2.24, 2.45) is 16.8 Å². The molecule has 0 radical (unpaired) electrons. The summed E-state index contributed by atoms with van der Waals surface area (Å²) in [6.07, 6.45) is 1.47. The Bertz CT molecular complexity index is 1410. The molecule has 2 aromatic heterocycles. The topological polar surface area (TPSA) is 152 Å². The highest BCUT2D eigenvalue weighted by molar-refractivity contribution is 5.99. The molecule has 0 aliphatic heterocycles. The number of hydrogen-bond donors (Lipinski definition) is 4. The van der Waals surface area contributed by atoms with Gasteiger partial charge in [-0.15, -0.1) is 0 Å². The van der Waals surface area contributed by atoms with Crippen molar-refractivity contribution in [3.05, 3.63) is 64.3 Å². The SMILES string of the molecule is CC(C)CCC(c1nc2ccc(C(N)=NO)cc2[nH]1)n1c(=O)n(CC(=O)O)c2ccccc21. The molecule has 4 rings (SSSR count). The summed E-state index contributed by atoms with van der Waals surface area (Å²) in [6, 6.07) is 11.9. The molecule has 33 heavy (non-hydrogen) atoms. The number of nitrogens with two attached hydrogens (primary N) is 1. The number of aromatic amines is 1. The molecule has 172 valence electrons. The lowest BCUT2D eigenvalue weighted by Crippen LogP contribution is -2.30. The number of oxime groups is 1. The fourth-order valence-electron chi connectivity index (χ4n) is 4.11. The minimum Gasteiger partial charge on any atom is -0.480 e. The van der Waals surface area contributed by atoms with Crippen molar-refractivity contribution in [2.75, 3.05) is 0 Å². The molecule has 10 heteroatoms. The number of carbonyl (C=O) groups is 1. The van der Waals surface area contributed by atoms with Gasteiger partial charge < -0.3 is 21.0 Å². The highest BCUT2D eigenvalue weighted by Crippen LogP contribution is 2.28. The summed E-state index contributed by atoms with van der Waals surface area (Å²) in [5.74, 6) is -0.120. The van der Waals surface area contributed by atoms with Crippen LogP contribution in [0.5, 0.6) is 0 Å². The number of H-pyrrole nitrogens is 1. The molecule has 0 bridgehead atoms. The molecule has 0 aliphatic carbocycles. The van der Waals surface area contributed by atoms with Crippen LogP contribution in [-0.2, 0) is 11.3 Å². The van der Waals surface area contributed by atoms with Crippen LogP contribution in [0.3, 0.4) is 0 Å². The maximum Gasteiger partial charge on any atom is 0.330 e. The molecule has 10 nitrogen and oxygen atoms in total. The van der Waals surface area contributed by atoms with Gasteiger partial charge in [-0.05, 0) is 49.1 Å². The van der Waals surface area contributed by atoms with Crippen molar-refractivity contribution in [2.45, 2.75) is 39.3 Å². The number of nitrogens with zero attached hydrogens (tertiary/aromatic N) is 4. The van der Waals surface area contributed by atoms with E-state index in [2.05, 4.69) is 24.0 Å². The first-order valence-corrected chi connectivity index (χ1v) is 10.7. The van der Waals surface area contributed by atoms with Gasteiger partial charge in [0.1, 0.15) is 12.4 Å². The van der Waals surface area contributed by atoms with Gasteiger partial charge in [0.05, 0.1) is 28.1 Å². The Morgan fingerprint density at radius 1 is 1.18 bits per heavy atom. The molecule has 1 unspecified atom stereocenters. The number of hydrogen-bond acceptors (Lipinski definition) is 5. The molecule has 0 amide bonds. The van der Waals surface area contributed by atoms with E-state index < -0.39 is 24.2 Å². The van der Waals surface area contributed by atoms with E-state index in [0.29, 0.717) is 45.8 Å². The average molecular weight is 450 g/mol. The Balaban J connectivity index is 1.91. The lowest BCUT2D eigenvalue weighted by molar-refractivity contribution is -0.137. The van der Waals surface area contributed by atoms with E-state index in [1.54, 1.807) is 34.9 Å². The predicted molar refractivity (Wildman–Crippen MR) is 125 cm³/mol. The van der Waals surface area contributed by atoms with Gasteiger partial charge in [-0.2, -0.15) is 0 Å². The Morgan fingerprint density at radius 3 is 2.58 bits per heavy atom. The predicted octanol–water partition coefficient (Wildman–Crippen LogP) is 2.88. The number of carboxylic acids is 1. The van der Waals surface area contributed by atoms with Gasteiger partial charge in [0.15, 0.2) is 5.84 Å². The van der Waals surface area contributed by atoms with Gasteiger partial charge in [0, 0.05) is 5.56 Å². The monoisotopic (exact) mass is 450 g/mol. The molecule has 0 saturated carbocycles. The van der Waals surface area contributed by atoms with E-state index in [1.165, 1.54) is 4.57 Å². The molecular weight excluding hydrogens is 424 g/mol. The van der Waals surface area contributed by atoms with Crippen molar-refractivity contribution in [3.63, 3.8) is 0 Å². The Morgan fingerprint density at radius 2 is 1.91 bits per heavy atom. The molecule has 0 fully saturated rings. The van der Waals surface area contributed by atoms with E-state index in [9.17, 15) is 14.7 Å².